The lowest BCUT2D eigenvalue weighted by molar-refractivity contribution is 0.122. The summed E-state index contributed by atoms with van der Waals surface area (Å²) < 4.78 is 5.30. The van der Waals surface area contributed by atoms with Crippen molar-refractivity contribution in [2.45, 2.75) is 19.8 Å². The van der Waals surface area contributed by atoms with Gasteiger partial charge in [-0.25, -0.2) is 9.97 Å². The quantitative estimate of drug-likeness (QED) is 0.744. The first-order valence-electron chi connectivity index (χ1n) is 5.54. The van der Waals surface area contributed by atoms with E-state index in [1.165, 1.54) is 0 Å². The van der Waals surface area contributed by atoms with Crippen molar-refractivity contribution in [1.29, 1.82) is 0 Å². The second-order valence-corrected chi connectivity index (χ2v) is 4.56. The molecule has 1 aromatic rings. The van der Waals surface area contributed by atoms with Gasteiger partial charge in [-0.3, -0.25) is 0 Å². The molecule has 0 amide bonds. The molecule has 2 rings (SSSR count). The summed E-state index contributed by atoms with van der Waals surface area (Å²) >= 11 is 6.00. The van der Waals surface area contributed by atoms with E-state index in [1.54, 1.807) is 0 Å². The highest BCUT2D eigenvalue weighted by Gasteiger charge is 2.15. The van der Waals surface area contributed by atoms with Gasteiger partial charge in [-0.1, -0.05) is 25.4 Å². The lowest BCUT2D eigenvalue weighted by Crippen LogP contribution is -2.37. The number of ether oxygens (including phenoxy) is 1. The van der Waals surface area contributed by atoms with E-state index in [-0.39, 0.29) is 0 Å². The Morgan fingerprint density at radius 2 is 2.00 bits per heavy atom. The maximum absolute atomic E-state index is 6.00. The van der Waals surface area contributed by atoms with E-state index >= 15 is 0 Å². The van der Waals surface area contributed by atoms with E-state index in [0.717, 1.165) is 37.9 Å². The summed E-state index contributed by atoms with van der Waals surface area (Å²) in [6.07, 6.45) is 0. The molecule has 4 nitrogen and oxygen atoms in total. The molecule has 0 saturated carbocycles. The van der Waals surface area contributed by atoms with Crippen molar-refractivity contribution in [3.05, 3.63) is 16.9 Å². The smallest absolute Gasteiger partial charge is 0.227 e. The van der Waals surface area contributed by atoms with Crippen LogP contribution in [0.5, 0.6) is 0 Å². The fourth-order valence-corrected chi connectivity index (χ4v) is 1.81. The second kappa shape index (κ2) is 4.97. The van der Waals surface area contributed by atoms with E-state index in [2.05, 4.69) is 28.7 Å². The molecule has 0 atom stereocenters. The van der Waals surface area contributed by atoms with Crippen LogP contribution in [0.3, 0.4) is 0 Å². The molecule has 0 aliphatic carbocycles. The molecule has 0 spiro atoms. The third-order valence-corrected chi connectivity index (χ3v) is 2.78. The maximum atomic E-state index is 6.00. The SMILES string of the molecule is CC(C)c1cc(Cl)nc(N2CCOCC2)n1. The molecule has 88 valence electrons. The van der Waals surface area contributed by atoms with Crippen LogP contribution < -0.4 is 4.90 Å². The van der Waals surface area contributed by atoms with E-state index in [1.807, 2.05) is 6.07 Å². The molecule has 1 aliphatic heterocycles. The second-order valence-electron chi connectivity index (χ2n) is 4.17. The number of rotatable bonds is 2. The van der Waals surface area contributed by atoms with Crippen molar-refractivity contribution in [1.82, 2.24) is 9.97 Å². The van der Waals surface area contributed by atoms with Crippen molar-refractivity contribution in [3.8, 4) is 0 Å². The minimum absolute atomic E-state index is 0.361. The van der Waals surface area contributed by atoms with E-state index in [9.17, 15) is 0 Å². The fraction of sp³-hybridized carbons (Fsp3) is 0.636. The largest absolute Gasteiger partial charge is 0.378 e. The Kier molecular flexibility index (Phi) is 3.61. The molecule has 1 saturated heterocycles. The van der Waals surface area contributed by atoms with Crippen LogP contribution in [0.4, 0.5) is 5.95 Å². The molecule has 0 radical (unpaired) electrons. The van der Waals surface area contributed by atoms with Crippen LogP contribution in [-0.4, -0.2) is 36.3 Å². The maximum Gasteiger partial charge on any atom is 0.227 e. The highest BCUT2D eigenvalue weighted by Crippen LogP contribution is 2.20. The van der Waals surface area contributed by atoms with Crippen LogP contribution in [0.15, 0.2) is 6.07 Å². The molecule has 0 aromatic carbocycles. The predicted molar refractivity (Wildman–Crippen MR) is 64.2 cm³/mol. The molecule has 16 heavy (non-hydrogen) atoms. The molecule has 0 unspecified atom stereocenters. The number of halogens is 1. The average Bonchev–Trinajstić information content (AvgIpc) is 2.29. The summed E-state index contributed by atoms with van der Waals surface area (Å²) in [6.45, 7) is 7.32. The third kappa shape index (κ3) is 2.62. The Hall–Kier alpha value is -0.870. The van der Waals surface area contributed by atoms with Crippen LogP contribution in [0.1, 0.15) is 25.5 Å². The number of anilines is 1. The summed E-state index contributed by atoms with van der Waals surface area (Å²) in [7, 11) is 0. The monoisotopic (exact) mass is 241 g/mol. The van der Waals surface area contributed by atoms with Gasteiger partial charge in [-0.15, -0.1) is 0 Å². The molecule has 0 N–H and O–H groups in total. The Balaban J connectivity index is 2.25. The minimum atomic E-state index is 0.361. The van der Waals surface area contributed by atoms with Gasteiger partial charge in [0.15, 0.2) is 0 Å². The van der Waals surface area contributed by atoms with Gasteiger partial charge in [0.05, 0.1) is 18.9 Å². The van der Waals surface area contributed by atoms with Crippen molar-refractivity contribution in [3.63, 3.8) is 0 Å². The van der Waals surface area contributed by atoms with Crippen molar-refractivity contribution in [2.75, 3.05) is 31.2 Å². The summed E-state index contributed by atoms with van der Waals surface area (Å²) in [6, 6.07) is 1.83. The Morgan fingerprint density at radius 1 is 1.31 bits per heavy atom. The molecule has 1 fully saturated rings. The van der Waals surface area contributed by atoms with Crippen LogP contribution in [0, 0.1) is 0 Å². The molecule has 2 heterocycles. The van der Waals surface area contributed by atoms with Gasteiger partial charge in [0.2, 0.25) is 5.95 Å². The minimum Gasteiger partial charge on any atom is -0.378 e. The first-order valence-corrected chi connectivity index (χ1v) is 5.92. The molecule has 1 aromatic heterocycles. The van der Waals surface area contributed by atoms with Crippen LogP contribution in [0.25, 0.3) is 0 Å². The zero-order chi connectivity index (χ0) is 11.5. The van der Waals surface area contributed by atoms with Crippen LogP contribution in [0.2, 0.25) is 5.15 Å². The summed E-state index contributed by atoms with van der Waals surface area (Å²) in [5, 5.41) is 0.514. The van der Waals surface area contributed by atoms with Gasteiger partial charge >= 0.3 is 0 Å². The van der Waals surface area contributed by atoms with Crippen molar-refractivity contribution < 1.29 is 4.74 Å². The zero-order valence-corrected chi connectivity index (χ0v) is 10.4. The van der Waals surface area contributed by atoms with Crippen LogP contribution >= 0.6 is 11.6 Å². The summed E-state index contributed by atoms with van der Waals surface area (Å²) in [5.41, 5.74) is 0.987. The summed E-state index contributed by atoms with van der Waals surface area (Å²) in [5.74, 6) is 1.08. The predicted octanol–water partition coefficient (Wildman–Crippen LogP) is 2.09. The van der Waals surface area contributed by atoms with Gasteiger partial charge in [-0.05, 0) is 12.0 Å². The Bertz CT molecular complexity index is 364. The highest BCUT2D eigenvalue weighted by atomic mass is 35.5. The number of aromatic nitrogens is 2. The number of hydrogen-bond donors (Lipinski definition) is 0. The van der Waals surface area contributed by atoms with Gasteiger partial charge < -0.3 is 9.64 Å². The molecule has 5 heteroatoms. The Labute approximate surface area is 101 Å². The van der Waals surface area contributed by atoms with Crippen LogP contribution in [-0.2, 0) is 4.74 Å². The number of morpholine rings is 1. The zero-order valence-electron chi connectivity index (χ0n) is 9.61. The van der Waals surface area contributed by atoms with E-state index in [0.29, 0.717) is 11.1 Å². The van der Waals surface area contributed by atoms with E-state index in [4.69, 9.17) is 16.3 Å². The normalized spacial score (nSPS) is 16.9. The van der Waals surface area contributed by atoms with Crippen molar-refractivity contribution >= 4 is 17.5 Å². The lowest BCUT2D eigenvalue weighted by Gasteiger charge is -2.27. The van der Waals surface area contributed by atoms with E-state index < -0.39 is 0 Å². The number of hydrogen-bond acceptors (Lipinski definition) is 4. The van der Waals surface area contributed by atoms with Gasteiger partial charge in [0, 0.05) is 13.1 Å². The van der Waals surface area contributed by atoms with Gasteiger partial charge in [0.1, 0.15) is 5.15 Å². The lowest BCUT2D eigenvalue weighted by atomic mass is 10.1. The van der Waals surface area contributed by atoms with Gasteiger partial charge in [-0.2, -0.15) is 0 Å². The standard InChI is InChI=1S/C11H16ClN3O/c1-8(2)9-7-10(12)14-11(13-9)15-3-5-16-6-4-15/h7-8H,3-6H2,1-2H3. The van der Waals surface area contributed by atoms with Gasteiger partial charge in [0.25, 0.3) is 0 Å². The third-order valence-electron chi connectivity index (χ3n) is 2.59. The summed E-state index contributed by atoms with van der Waals surface area (Å²) in [4.78, 5) is 10.9. The first kappa shape index (κ1) is 11.6. The average molecular weight is 242 g/mol. The van der Waals surface area contributed by atoms with Crippen molar-refractivity contribution in [2.24, 2.45) is 0 Å². The highest BCUT2D eigenvalue weighted by molar-refractivity contribution is 6.29. The molecule has 1 aliphatic rings. The molecular formula is C11H16ClN3O. The first-order chi connectivity index (χ1) is 7.66. The Morgan fingerprint density at radius 3 is 2.62 bits per heavy atom. The topological polar surface area (TPSA) is 38.2 Å². The number of nitrogens with zero attached hydrogens (tertiary/aromatic N) is 3. The fourth-order valence-electron chi connectivity index (χ4n) is 1.62. The molecule has 0 bridgehead atoms. The molecular weight excluding hydrogens is 226 g/mol.